The van der Waals surface area contributed by atoms with Crippen molar-refractivity contribution in [3.63, 3.8) is 0 Å². The number of carbonyl (C=O) groups excluding carboxylic acids is 1. The van der Waals surface area contributed by atoms with E-state index in [4.69, 9.17) is 4.74 Å². The topological polar surface area (TPSA) is 75.7 Å². The van der Waals surface area contributed by atoms with Crippen LogP contribution in [0.2, 0.25) is 0 Å². The number of nitrogens with zero attached hydrogens (tertiary/aromatic N) is 1. The van der Waals surface area contributed by atoms with Crippen molar-refractivity contribution in [1.29, 1.82) is 0 Å². The minimum absolute atomic E-state index is 0.0465. The Labute approximate surface area is 145 Å². The molecule has 1 N–H and O–H groups in total. The van der Waals surface area contributed by atoms with Crippen molar-refractivity contribution in [3.05, 3.63) is 24.3 Å². The van der Waals surface area contributed by atoms with Crippen LogP contribution in [0.25, 0.3) is 0 Å². The summed E-state index contributed by atoms with van der Waals surface area (Å²) in [5, 5.41) is 2.86. The van der Waals surface area contributed by atoms with Gasteiger partial charge in [-0.15, -0.1) is 0 Å². The molecular weight excluding hydrogens is 328 g/mol. The van der Waals surface area contributed by atoms with E-state index in [-0.39, 0.29) is 12.5 Å². The molecule has 24 heavy (non-hydrogen) atoms. The molecule has 136 valence electrons. The molecule has 0 saturated heterocycles. The zero-order chi connectivity index (χ0) is 18.2. The average molecular weight is 356 g/mol. The van der Waals surface area contributed by atoms with Crippen LogP contribution in [0.4, 0.5) is 5.69 Å². The Morgan fingerprint density at radius 1 is 1.33 bits per heavy atom. The normalized spacial score (nSPS) is 11.4. The Morgan fingerprint density at radius 2 is 2.04 bits per heavy atom. The molecule has 0 bridgehead atoms. The molecule has 0 spiro atoms. The van der Waals surface area contributed by atoms with E-state index < -0.39 is 10.0 Å². The summed E-state index contributed by atoms with van der Waals surface area (Å²) in [7, 11) is -1.89. The van der Waals surface area contributed by atoms with Crippen molar-refractivity contribution < 1.29 is 17.9 Å². The lowest BCUT2D eigenvalue weighted by Gasteiger charge is -2.22. The molecule has 1 amide bonds. The van der Waals surface area contributed by atoms with Gasteiger partial charge in [0.15, 0.2) is 0 Å². The van der Waals surface area contributed by atoms with Gasteiger partial charge in [0, 0.05) is 25.6 Å². The predicted molar refractivity (Wildman–Crippen MR) is 96.9 cm³/mol. The van der Waals surface area contributed by atoms with Gasteiger partial charge in [-0.3, -0.25) is 9.10 Å². The van der Waals surface area contributed by atoms with Gasteiger partial charge < -0.3 is 10.1 Å². The Morgan fingerprint density at radius 3 is 2.62 bits per heavy atom. The lowest BCUT2D eigenvalue weighted by atomic mass is 10.1. The third kappa shape index (κ3) is 7.21. The number of hydrogen-bond acceptors (Lipinski definition) is 4. The second kappa shape index (κ2) is 9.52. The molecule has 0 fully saturated rings. The van der Waals surface area contributed by atoms with Crippen LogP contribution in [0, 0.1) is 5.92 Å². The number of anilines is 1. The monoisotopic (exact) mass is 356 g/mol. The highest BCUT2D eigenvalue weighted by Gasteiger charge is 2.18. The maximum atomic E-state index is 12.0. The van der Waals surface area contributed by atoms with Gasteiger partial charge in [-0.25, -0.2) is 8.42 Å². The fourth-order valence-electron chi connectivity index (χ4n) is 2.22. The summed E-state index contributed by atoms with van der Waals surface area (Å²) in [6, 6.07) is 6.88. The molecule has 7 heteroatoms. The number of nitrogens with one attached hydrogen (secondary N) is 1. The van der Waals surface area contributed by atoms with Gasteiger partial charge in [0.1, 0.15) is 5.75 Å². The number of amides is 1. The van der Waals surface area contributed by atoms with E-state index in [2.05, 4.69) is 19.2 Å². The van der Waals surface area contributed by atoms with Crippen LogP contribution in [-0.2, 0) is 14.8 Å². The van der Waals surface area contributed by atoms with Crippen molar-refractivity contribution in [2.24, 2.45) is 5.92 Å². The Hall–Kier alpha value is -1.76. The molecule has 0 heterocycles. The van der Waals surface area contributed by atoms with Crippen LogP contribution in [-0.4, -0.2) is 40.8 Å². The fraction of sp³-hybridized carbons (Fsp3) is 0.588. The molecule has 1 aromatic rings. The molecule has 0 radical (unpaired) electrons. The minimum Gasteiger partial charge on any atom is -0.497 e. The predicted octanol–water partition coefficient (Wildman–Crippen LogP) is 2.40. The summed E-state index contributed by atoms with van der Waals surface area (Å²) < 4.78 is 30.5. The summed E-state index contributed by atoms with van der Waals surface area (Å²) in [6.07, 6.45) is 2.85. The molecule has 1 aromatic carbocycles. The van der Waals surface area contributed by atoms with E-state index in [0.29, 0.717) is 36.7 Å². The van der Waals surface area contributed by atoms with Crippen LogP contribution in [0.15, 0.2) is 24.3 Å². The number of benzene rings is 1. The van der Waals surface area contributed by atoms with Gasteiger partial charge >= 0.3 is 0 Å². The molecule has 0 aliphatic carbocycles. The first kappa shape index (κ1) is 20.3. The number of methoxy groups -OCH3 is 1. The zero-order valence-electron chi connectivity index (χ0n) is 14.9. The van der Waals surface area contributed by atoms with Crippen molar-refractivity contribution in [3.8, 4) is 5.75 Å². The van der Waals surface area contributed by atoms with Crippen molar-refractivity contribution in [2.45, 2.75) is 33.1 Å². The van der Waals surface area contributed by atoms with Crippen LogP contribution in [0.1, 0.15) is 33.1 Å². The highest BCUT2D eigenvalue weighted by molar-refractivity contribution is 7.92. The zero-order valence-corrected chi connectivity index (χ0v) is 15.7. The van der Waals surface area contributed by atoms with Gasteiger partial charge in [0.25, 0.3) is 0 Å². The lowest BCUT2D eigenvalue weighted by Crippen LogP contribution is -2.32. The highest BCUT2D eigenvalue weighted by Crippen LogP contribution is 2.23. The lowest BCUT2D eigenvalue weighted by molar-refractivity contribution is -0.121. The van der Waals surface area contributed by atoms with Crippen LogP contribution in [0.3, 0.4) is 0 Å². The minimum atomic E-state index is -3.42. The summed E-state index contributed by atoms with van der Waals surface area (Å²) in [4.78, 5) is 11.8. The Balaban J connectivity index is 2.61. The van der Waals surface area contributed by atoms with E-state index in [1.807, 2.05) is 0 Å². The SMILES string of the molecule is COc1cccc(N(CCCC(=O)NCCC(C)C)S(C)(=O)=O)c1. The first-order valence-corrected chi connectivity index (χ1v) is 9.97. The molecule has 1 rings (SSSR count). The number of hydrogen-bond donors (Lipinski definition) is 1. The first-order valence-electron chi connectivity index (χ1n) is 8.12. The number of ether oxygens (including phenoxy) is 1. The number of sulfonamides is 1. The van der Waals surface area contributed by atoms with E-state index in [0.717, 1.165) is 12.7 Å². The maximum Gasteiger partial charge on any atom is 0.232 e. The summed E-state index contributed by atoms with van der Waals surface area (Å²) in [5.41, 5.74) is 0.539. The number of rotatable bonds is 10. The Bertz CT molecular complexity index is 629. The highest BCUT2D eigenvalue weighted by atomic mass is 32.2. The standard InChI is InChI=1S/C17H28N2O4S/c1-14(2)10-11-18-17(20)9-6-12-19(24(4,21)22)15-7-5-8-16(13-15)23-3/h5,7-8,13-14H,6,9-12H2,1-4H3,(H,18,20). The van der Waals surface area contributed by atoms with Crippen molar-refractivity contribution >= 4 is 21.6 Å². The molecule has 0 atom stereocenters. The van der Waals surface area contributed by atoms with E-state index in [9.17, 15) is 13.2 Å². The average Bonchev–Trinajstić information content (AvgIpc) is 2.50. The summed E-state index contributed by atoms with van der Waals surface area (Å²) in [5.74, 6) is 1.08. The molecule has 0 aliphatic heterocycles. The summed E-state index contributed by atoms with van der Waals surface area (Å²) >= 11 is 0. The molecule has 0 unspecified atom stereocenters. The molecule has 0 aliphatic rings. The molecule has 0 saturated carbocycles. The van der Waals surface area contributed by atoms with E-state index in [1.54, 1.807) is 24.3 Å². The van der Waals surface area contributed by atoms with Gasteiger partial charge in [-0.1, -0.05) is 19.9 Å². The molecule has 0 aromatic heterocycles. The quantitative estimate of drug-likeness (QED) is 0.698. The Kier molecular flexibility index (Phi) is 8.04. The van der Waals surface area contributed by atoms with Gasteiger partial charge in [-0.05, 0) is 30.9 Å². The number of carbonyl (C=O) groups is 1. The second-order valence-electron chi connectivity index (χ2n) is 6.17. The van der Waals surface area contributed by atoms with Crippen molar-refractivity contribution in [1.82, 2.24) is 5.32 Å². The second-order valence-corrected chi connectivity index (χ2v) is 8.08. The third-order valence-corrected chi connectivity index (χ3v) is 4.74. The fourth-order valence-corrected chi connectivity index (χ4v) is 3.18. The van der Waals surface area contributed by atoms with Crippen LogP contribution in [0.5, 0.6) is 5.75 Å². The summed E-state index contributed by atoms with van der Waals surface area (Å²) in [6.45, 7) is 5.11. The van der Waals surface area contributed by atoms with Crippen LogP contribution >= 0.6 is 0 Å². The smallest absolute Gasteiger partial charge is 0.232 e. The van der Waals surface area contributed by atoms with E-state index >= 15 is 0 Å². The van der Waals surface area contributed by atoms with Gasteiger partial charge in [-0.2, -0.15) is 0 Å². The van der Waals surface area contributed by atoms with Gasteiger partial charge in [0.2, 0.25) is 15.9 Å². The first-order chi connectivity index (χ1) is 11.2. The van der Waals surface area contributed by atoms with Crippen molar-refractivity contribution in [2.75, 3.05) is 30.8 Å². The van der Waals surface area contributed by atoms with Crippen LogP contribution < -0.4 is 14.4 Å². The van der Waals surface area contributed by atoms with Gasteiger partial charge in [0.05, 0.1) is 19.1 Å². The van der Waals surface area contributed by atoms with E-state index in [1.165, 1.54) is 11.4 Å². The molecular formula is C17H28N2O4S. The maximum absolute atomic E-state index is 12.0. The largest absolute Gasteiger partial charge is 0.497 e. The third-order valence-electron chi connectivity index (χ3n) is 3.55. The molecule has 6 nitrogen and oxygen atoms in total.